The fraction of sp³-hybridized carbons (Fsp3) is 0.385. The number of hydrogen-bond acceptors (Lipinski definition) is 5. The van der Waals surface area contributed by atoms with Gasteiger partial charge in [-0.2, -0.15) is 5.26 Å². The molecule has 7 nitrogen and oxygen atoms in total. The second-order valence-electron chi connectivity index (χ2n) is 4.63. The number of rotatable bonds is 3. The van der Waals surface area contributed by atoms with E-state index in [2.05, 4.69) is 10.6 Å². The van der Waals surface area contributed by atoms with E-state index in [1.165, 1.54) is 12.1 Å². The number of carbonyl (C=O) groups excluding carboxylic acids is 1. The quantitative estimate of drug-likeness (QED) is 0.639. The van der Waals surface area contributed by atoms with E-state index in [1.54, 1.807) is 0 Å². The van der Waals surface area contributed by atoms with E-state index in [1.807, 2.05) is 6.07 Å². The molecule has 1 saturated heterocycles. The third-order valence-corrected chi connectivity index (χ3v) is 3.25. The number of piperidine rings is 1. The molecule has 1 fully saturated rings. The summed E-state index contributed by atoms with van der Waals surface area (Å²) >= 11 is 0. The third-order valence-electron chi connectivity index (χ3n) is 3.25. The van der Waals surface area contributed by atoms with E-state index in [9.17, 15) is 14.9 Å². The number of anilines is 1. The second kappa shape index (κ2) is 6.12. The first-order valence-corrected chi connectivity index (χ1v) is 6.32. The van der Waals surface area contributed by atoms with Crippen LogP contribution in [0.15, 0.2) is 18.2 Å². The van der Waals surface area contributed by atoms with Gasteiger partial charge in [0, 0.05) is 12.6 Å². The van der Waals surface area contributed by atoms with Crippen LogP contribution >= 0.6 is 0 Å². The van der Waals surface area contributed by atoms with Gasteiger partial charge in [-0.25, -0.2) is 0 Å². The van der Waals surface area contributed by atoms with E-state index in [4.69, 9.17) is 5.26 Å². The molecule has 1 atom stereocenters. The Labute approximate surface area is 115 Å². The molecule has 0 spiro atoms. The highest BCUT2D eigenvalue weighted by atomic mass is 16.6. The summed E-state index contributed by atoms with van der Waals surface area (Å²) in [7, 11) is 0. The normalized spacial score (nSPS) is 18.1. The second-order valence-corrected chi connectivity index (χ2v) is 4.63. The molecule has 1 amide bonds. The van der Waals surface area contributed by atoms with Crippen LogP contribution in [0.3, 0.4) is 0 Å². The highest BCUT2D eigenvalue weighted by Gasteiger charge is 2.23. The Hall–Kier alpha value is -2.46. The number of carbonyl (C=O) groups is 1. The fourth-order valence-corrected chi connectivity index (χ4v) is 2.17. The minimum absolute atomic E-state index is 0.129. The summed E-state index contributed by atoms with van der Waals surface area (Å²) in [6.07, 6.45) is 1.68. The molecule has 2 N–H and O–H groups in total. The number of benzene rings is 1. The molecule has 0 bridgehead atoms. The van der Waals surface area contributed by atoms with Gasteiger partial charge in [-0.15, -0.1) is 0 Å². The van der Waals surface area contributed by atoms with Crippen molar-refractivity contribution in [2.24, 2.45) is 5.92 Å². The fourth-order valence-electron chi connectivity index (χ4n) is 2.17. The van der Waals surface area contributed by atoms with Gasteiger partial charge in [-0.05, 0) is 31.5 Å². The largest absolute Gasteiger partial charge is 0.320 e. The van der Waals surface area contributed by atoms with E-state index < -0.39 is 4.92 Å². The molecule has 1 aromatic carbocycles. The summed E-state index contributed by atoms with van der Waals surface area (Å²) in [5.41, 5.74) is 0.0553. The van der Waals surface area contributed by atoms with E-state index in [-0.39, 0.29) is 28.8 Å². The maximum atomic E-state index is 12.1. The molecule has 2 rings (SSSR count). The minimum Gasteiger partial charge on any atom is -0.320 e. The number of amides is 1. The summed E-state index contributed by atoms with van der Waals surface area (Å²) in [4.78, 5) is 22.4. The molecule has 7 heteroatoms. The molecular weight excluding hydrogens is 260 g/mol. The van der Waals surface area contributed by atoms with Crippen molar-refractivity contribution >= 4 is 17.3 Å². The average Bonchev–Trinajstić information content (AvgIpc) is 2.48. The van der Waals surface area contributed by atoms with Crippen LogP contribution in [0.2, 0.25) is 0 Å². The smallest absolute Gasteiger partial charge is 0.294 e. The summed E-state index contributed by atoms with van der Waals surface area (Å²) in [5.74, 6) is -0.413. The first kappa shape index (κ1) is 14.0. The van der Waals surface area contributed by atoms with Crippen molar-refractivity contribution in [1.29, 1.82) is 5.26 Å². The number of nitrogens with one attached hydrogen (secondary N) is 2. The van der Waals surface area contributed by atoms with Gasteiger partial charge in [0.15, 0.2) is 0 Å². The van der Waals surface area contributed by atoms with Crippen LogP contribution < -0.4 is 10.6 Å². The molecule has 1 heterocycles. The highest BCUT2D eigenvalue weighted by molar-refractivity contribution is 5.95. The van der Waals surface area contributed by atoms with Crippen molar-refractivity contribution in [1.82, 2.24) is 5.32 Å². The van der Waals surface area contributed by atoms with Gasteiger partial charge in [-0.1, -0.05) is 0 Å². The van der Waals surface area contributed by atoms with Crippen molar-refractivity contribution < 1.29 is 9.72 Å². The average molecular weight is 274 g/mol. The zero-order chi connectivity index (χ0) is 14.5. The number of nitriles is 1. The van der Waals surface area contributed by atoms with Gasteiger partial charge >= 0.3 is 0 Å². The van der Waals surface area contributed by atoms with Crippen molar-refractivity contribution in [3.05, 3.63) is 33.9 Å². The topological polar surface area (TPSA) is 108 Å². The van der Waals surface area contributed by atoms with Gasteiger partial charge in [0.1, 0.15) is 5.69 Å². The summed E-state index contributed by atoms with van der Waals surface area (Å²) in [6, 6.07) is 5.84. The van der Waals surface area contributed by atoms with E-state index in [0.717, 1.165) is 25.5 Å². The predicted molar refractivity (Wildman–Crippen MR) is 72.0 cm³/mol. The molecule has 0 radical (unpaired) electrons. The Balaban J connectivity index is 2.18. The summed E-state index contributed by atoms with van der Waals surface area (Å²) in [5, 5.41) is 25.4. The van der Waals surface area contributed by atoms with Crippen LogP contribution in [0.4, 0.5) is 11.4 Å². The molecule has 1 aliphatic heterocycles. The van der Waals surface area contributed by atoms with Gasteiger partial charge in [0.2, 0.25) is 5.91 Å². The molecule has 0 aromatic heterocycles. The molecule has 0 saturated carbocycles. The molecule has 0 aliphatic carbocycles. The Morgan fingerprint density at radius 3 is 2.95 bits per heavy atom. The van der Waals surface area contributed by atoms with Crippen LogP contribution in [-0.2, 0) is 4.79 Å². The lowest BCUT2D eigenvalue weighted by atomic mass is 9.98. The monoisotopic (exact) mass is 274 g/mol. The number of nitrogens with zero attached hydrogens (tertiary/aromatic N) is 2. The van der Waals surface area contributed by atoms with Crippen molar-refractivity contribution in [2.45, 2.75) is 12.8 Å². The van der Waals surface area contributed by atoms with Crippen LogP contribution in [0, 0.1) is 27.4 Å². The van der Waals surface area contributed by atoms with Crippen LogP contribution in [-0.4, -0.2) is 23.9 Å². The maximum Gasteiger partial charge on any atom is 0.294 e. The van der Waals surface area contributed by atoms with Crippen molar-refractivity contribution in [3.63, 3.8) is 0 Å². The molecule has 1 aliphatic rings. The van der Waals surface area contributed by atoms with Gasteiger partial charge in [0.05, 0.1) is 22.5 Å². The highest BCUT2D eigenvalue weighted by Crippen LogP contribution is 2.26. The number of nitro benzene ring substituents is 1. The van der Waals surface area contributed by atoms with E-state index in [0.29, 0.717) is 6.54 Å². The standard InChI is InChI=1S/C13H14N4O3/c14-7-9-3-4-11(12(6-9)17(19)20)16-13(18)10-2-1-5-15-8-10/h3-4,6,10,15H,1-2,5,8H2,(H,16,18)/t10-/m0/s1. The molecule has 20 heavy (non-hydrogen) atoms. The van der Waals surface area contributed by atoms with E-state index >= 15 is 0 Å². The zero-order valence-corrected chi connectivity index (χ0v) is 10.8. The predicted octanol–water partition coefficient (Wildman–Crippen LogP) is 1.40. The Morgan fingerprint density at radius 2 is 2.35 bits per heavy atom. The Morgan fingerprint density at radius 1 is 1.55 bits per heavy atom. The number of hydrogen-bond donors (Lipinski definition) is 2. The van der Waals surface area contributed by atoms with Crippen LogP contribution in [0.1, 0.15) is 18.4 Å². The lowest BCUT2D eigenvalue weighted by molar-refractivity contribution is -0.384. The molecule has 104 valence electrons. The first-order chi connectivity index (χ1) is 9.61. The molecule has 0 unspecified atom stereocenters. The minimum atomic E-state index is -0.602. The summed E-state index contributed by atoms with van der Waals surface area (Å²) < 4.78 is 0. The van der Waals surface area contributed by atoms with Crippen molar-refractivity contribution in [3.8, 4) is 6.07 Å². The SMILES string of the molecule is N#Cc1ccc(NC(=O)[C@H]2CCCNC2)c([N+](=O)[O-])c1. The van der Waals surface area contributed by atoms with Gasteiger partial charge in [0.25, 0.3) is 5.69 Å². The third kappa shape index (κ3) is 3.10. The zero-order valence-electron chi connectivity index (χ0n) is 10.8. The summed E-state index contributed by atoms with van der Waals surface area (Å²) in [6.45, 7) is 1.47. The molecule has 1 aromatic rings. The lowest BCUT2D eigenvalue weighted by Crippen LogP contribution is -2.37. The maximum absolute atomic E-state index is 12.1. The first-order valence-electron chi connectivity index (χ1n) is 6.32. The number of nitro groups is 1. The van der Waals surface area contributed by atoms with Crippen molar-refractivity contribution in [2.75, 3.05) is 18.4 Å². The van der Waals surface area contributed by atoms with Crippen LogP contribution in [0.5, 0.6) is 0 Å². The lowest BCUT2D eigenvalue weighted by Gasteiger charge is -2.21. The van der Waals surface area contributed by atoms with Gasteiger partial charge in [-0.3, -0.25) is 14.9 Å². The Bertz CT molecular complexity index is 573. The van der Waals surface area contributed by atoms with Crippen LogP contribution in [0.25, 0.3) is 0 Å². The van der Waals surface area contributed by atoms with Gasteiger partial charge < -0.3 is 10.6 Å². The Kier molecular flexibility index (Phi) is 4.27. The molecular formula is C13H14N4O3.